The standard InChI is InChI=1S/C26H35Cl2N3O4S/c1-6-19(3)29-26(33)20(4)30(17-21-12-13-22(27)16-24(21)28)25(32)11-8-14-31(36(5,34)35)23-10-7-9-18(2)15-23/h7,9-10,12-13,15-16,19-20H,6,8,11,14,17H2,1-5H3,(H,29,33)/t19-,20-/m1/s1. The number of amides is 2. The van der Waals surface area contributed by atoms with E-state index in [-0.39, 0.29) is 43.8 Å². The fraction of sp³-hybridized carbons (Fsp3) is 0.462. The van der Waals surface area contributed by atoms with E-state index in [1.807, 2.05) is 26.8 Å². The van der Waals surface area contributed by atoms with Crippen LogP contribution < -0.4 is 9.62 Å². The van der Waals surface area contributed by atoms with Crippen LogP contribution >= 0.6 is 23.2 Å². The fourth-order valence-electron chi connectivity index (χ4n) is 3.67. The van der Waals surface area contributed by atoms with Crippen molar-refractivity contribution in [1.29, 1.82) is 0 Å². The van der Waals surface area contributed by atoms with Gasteiger partial charge in [-0.2, -0.15) is 0 Å². The van der Waals surface area contributed by atoms with Gasteiger partial charge in [-0.05, 0) is 69.0 Å². The Morgan fingerprint density at radius 1 is 1.08 bits per heavy atom. The molecule has 36 heavy (non-hydrogen) atoms. The van der Waals surface area contributed by atoms with E-state index < -0.39 is 16.1 Å². The Morgan fingerprint density at radius 2 is 1.78 bits per heavy atom. The Kier molecular flexibility index (Phi) is 11.1. The summed E-state index contributed by atoms with van der Waals surface area (Å²) in [6.45, 7) is 7.69. The highest BCUT2D eigenvalue weighted by Gasteiger charge is 2.27. The summed E-state index contributed by atoms with van der Waals surface area (Å²) in [7, 11) is -3.54. The zero-order chi connectivity index (χ0) is 27.0. The number of halogens is 2. The SMILES string of the molecule is CC[C@@H](C)NC(=O)[C@@H](C)N(Cc1ccc(Cl)cc1Cl)C(=O)CCCN(c1cccc(C)c1)S(C)(=O)=O. The normalized spacial score (nSPS) is 13.1. The van der Waals surface area contributed by atoms with Crippen LogP contribution in [0.25, 0.3) is 0 Å². The van der Waals surface area contributed by atoms with E-state index in [1.54, 1.807) is 43.3 Å². The largest absolute Gasteiger partial charge is 0.352 e. The summed E-state index contributed by atoms with van der Waals surface area (Å²) in [6.07, 6.45) is 2.25. The van der Waals surface area contributed by atoms with Gasteiger partial charge in [-0.3, -0.25) is 13.9 Å². The molecule has 0 saturated heterocycles. The lowest BCUT2D eigenvalue weighted by molar-refractivity contribution is -0.140. The molecule has 0 radical (unpaired) electrons. The molecule has 7 nitrogen and oxygen atoms in total. The van der Waals surface area contributed by atoms with Crippen molar-refractivity contribution in [3.63, 3.8) is 0 Å². The molecule has 0 bridgehead atoms. The number of sulfonamides is 1. The van der Waals surface area contributed by atoms with Crippen molar-refractivity contribution in [2.24, 2.45) is 0 Å². The molecule has 0 fully saturated rings. The van der Waals surface area contributed by atoms with Gasteiger partial charge in [0.2, 0.25) is 21.8 Å². The van der Waals surface area contributed by atoms with Crippen LogP contribution in [0.1, 0.15) is 51.2 Å². The highest BCUT2D eigenvalue weighted by molar-refractivity contribution is 7.92. The van der Waals surface area contributed by atoms with Crippen molar-refractivity contribution in [2.45, 2.75) is 65.6 Å². The number of nitrogens with one attached hydrogen (secondary N) is 1. The van der Waals surface area contributed by atoms with Gasteiger partial charge in [0.15, 0.2) is 0 Å². The lowest BCUT2D eigenvalue weighted by atomic mass is 10.1. The van der Waals surface area contributed by atoms with Gasteiger partial charge >= 0.3 is 0 Å². The van der Waals surface area contributed by atoms with Gasteiger partial charge in [0.05, 0.1) is 11.9 Å². The maximum atomic E-state index is 13.4. The highest BCUT2D eigenvalue weighted by atomic mass is 35.5. The number of aryl methyl sites for hydroxylation is 1. The molecule has 0 heterocycles. The second-order valence-corrected chi connectivity index (χ2v) is 11.8. The third kappa shape index (κ3) is 8.68. The molecular weight excluding hydrogens is 521 g/mol. The highest BCUT2D eigenvalue weighted by Crippen LogP contribution is 2.24. The lowest BCUT2D eigenvalue weighted by Gasteiger charge is -2.30. The zero-order valence-electron chi connectivity index (χ0n) is 21.4. The van der Waals surface area contributed by atoms with Crippen molar-refractivity contribution < 1.29 is 18.0 Å². The molecule has 0 saturated carbocycles. The Hall–Kier alpha value is -2.29. The van der Waals surface area contributed by atoms with E-state index in [0.29, 0.717) is 21.3 Å². The van der Waals surface area contributed by atoms with Crippen molar-refractivity contribution in [3.05, 3.63) is 63.6 Å². The molecule has 10 heteroatoms. The topological polar surface area (TPSA) is 86.8 Å². The first kappa shape index (κ1) is 29.9. The first-order valence-corrected chi connectivity index (χ1v) is 14.5. The van der Waals surface area contributed by atoms with Crippen LogP contribution in [0.4, 0.5) is 5.69 Å². The molecule has 2 atom stereocenters. The quantitative estimate of drug-likeness (QED) is 0.391. The van der Waals surface area contributed by atoms with Gasteiger partial charge in [-0.1, -0.05) is 48.3 Å². The van der Waals surface area contributed by atoms with Crippen LogP contribution in [0.5, 0.6) is 0 Å². The number of carbonyl (C=O) groups is 2. The Bertz CT molecular complexity index is 1170. The second-order valence-electron chi connectivity index (χ2n) is 9.03. The first-order valence-electron chi connectivity index (χ1n) is 11.9. The minimum Gasteiger partial charge on any atom is -0.352 e. The molecule has 2 aromatic rings. The summed E-state index contributed by atoms with van der Waals surface area (Å²) in [5.74, 6) is -0.536. The van der Waals surface area contributed by atoms with Gasteiger partial charge in [0.1, 0.15) is 6.04 Å². The van der Waals surface area contributed by atoms with Crippen LogP contribution in [0.15, 0.2) is 42.5 Å². The van der Waals surface area contributed by atoms with E-state index in [2.05, 4.69) is 5.32 Å². The third-order valence-electron chi connectivity index (χ3n) is 5.97. The molecular formula is C26H35Cl2N3O4S. The van der Waals surface area contributed by atoms with Crippen molar-refractivity contribution in [2.75, 3.05) is 17.1 Å². The fourth-order valence-corrected chi connectivity index (χ4v) is 5.09. The number of anilines is 1. The summed E-state index contributed by atoms with van der Waals surface area (Å²) in [6, 6.07) is 11.4. The first-order chi connectivity index (χ1) is 16.8. The average Bonchev–Trinajstić information content (AvgIpc) is 2.79. The average molecular weight is 557 g/mol. The number of hydrogen-bond acceptors (Lipinski definition) is 4. The van der Waals surface area contributed by atoms with Crippen molar-refractivity contribution >= 4 is 50.7 Å². The smallest absolute Gasteiger partial charge is 0.242 e. The molecule has 2 amide bonds. The summed E-state index contributed by atoms with van der Waals surface area (Å²) in [5.41, 5.74) is 2.15. The molecule has 0 aromatic heterocycles. The Labute approximate surface area is 224 Å². The van der Waals surface area contributed by atoms with Crippen LogP contribution in [-0.4, -0.2) is 50.0 Å². The molecule has 2 aromatic carbocycles. The van der Waals surface area contributed by atoms with Crippen molar-refractivity contribution in [1.82, 2.24) is 10.2 Å². The van der Waals surface area contributed by atoms with Crippen LogP contribution in [0.2, 0.25) is 10.0 Å². The third-order valence-corrected chi connectivity index (χ3v) is 7.75. The van der Waals surface area contributed by atoms with Gasteiger partial charge in [-0.25, -0.2) is 8.42 Å². The van der Waals surface area contributed by atoms with Crippen molar-refractivity contribution in [3.8, 4) is 0 Å². The monoisotopic (exact) mass is 555 g/mol. The predicted octanol–water partition coefficient (Wildman–Crippen LogP) is 5.18. The molecule has 0 unspecified atom stereocenters. The van der Waals surface area contributed by atoms with E-state index in [1.165, 1.54) is 9.21 Å². The van der Waals surface area contributed by atoms with Crippen LogP contribution in [0, 0.1) is 6.92 Å². The second kappa shape index (κ2) is 13.3. The molecule has 2 rings (SSSR count). The summed E-state index contributed by atoms with van der Waals surface area (Å²) >= 11 is 12.4. The number of nitrogens with zero attached hydrogens (tertiary/aromatic N) is 2. The van der Waals surface area contributed by atoms with E-state index in [4.69, 9.17) is 23.2 Å². The number of carbonyl (C=O) groups excluding carboxylic acids is 2. The molecule has 0 spiro atoms. The molecule has 1 N–H and O–H groups in total. The van der Waals surface area contributed by atoms with Gasteiger partial charge in [0, 0.05) is 35.6 Å². The maximum absolute atomic E-state index is 13.4. The van der Waals surface area contributed by atoms with Gasteiger partial charge in [-0.15, -0.1) is 0 Å². The lowest BCUT2D eigenvalue weighted by Crippen LogP contribution is -2.49. The molecule has 0 aliphatic heterocycles. The minimum absolute atomic E-state index is 0.0336. The Balaban J connectivity index is 2.21. The summed E-state index contributed by atoms with van der Waals surface area (Å²) < 4.78 is 26.2. The summed E-state index contributed by atoms with van der Waals surface area (Å²) in [5, 5.41) is 3.79. The zero-order valence-corrected chi connectivity index (χ0v) is 23.8. The molecule has 198 valence electrons. The molecule has 0 aliphatic rings. The number of rotatable bonds is 12. The molecule has 0 aliphatic carbocycles. The predicted molar refractivity (Wildman–Crippen MR) is 147 cm³/mol. The van der Waals surface area contributed by atoms with Crippen LogP contribution in [0.3, 0.4) is 0 Å². The van der Waals surface area contributed by atoms with E-state index >= 15 is 0 Å². The Morgan fingerprint density at radius 3 is 2.36 bits per heavy atom. The van der Waals surface area contributed by atoms with Crippen LogP contribution in [-0.2, 0) is 26.2 Å². The summed E-state index contributed by atoms with van der Waals surface area (Å²) in [4.78, 5) is 27.7. The number of hydrogen-bond donors (Lipinski definition) is 1. The maximum Gasteiger partial charge on any atom is 0.242 e. The minimum atomic E-state index is -3.54. The number of benzene rings is 2. The van der Waals surface area contributed by atoms with E-state index in [9.17, 15) is 18.0 Å². The van der Waals surface area contributed by atoms with Gasteiger partial charge in [0.25, 0.3) is 0 Å². The van der Waals surface area contributed by atoms with E-state index in [0.717, 1.165) is 18.2 Å². The van der Waals surface area contributed by atoms with Gasteiger partial charge < -0.3 is 10.2 Å².